The summed E-state index contributed by atoms with van der Waals surface area (Å²) in [5, 5.41) is 4.81. The van der Waals surface area contributed by atoms with Crippen LogP contribution < -0.4 is 15.4 Å². The highest BCUT2D eigenvalue weighted by atomic mass is 79.9. The molecule has 0 saturated heterocycles. The SMILES string of the molecule is O=C(Nc1ccccc1NCC(F)(F)F)c1ccc(COc2ccc(Br)cc2)o1. The summed E-state index contributed by atoms with van der Waals surface area (Å²) in [6.45, 7) is -1.09. The summed E-state index contributed by atoms with van der Waals surface area (Å²) < 4.78 is 49.3. The number of carbonyl (C=O) groups is 1. The van der Waals surface area contributed by atoms with E-state index in [1.165, 1.54) is 18.2 Å². The monoisotopic (exact) mass is 468 g/mol. The first-order chi connectivity index (χ1) is 13.8. The number of benzene rings is 2. The summed E-state index contributed by atoms with van der Waals surface area (Å²) in [5.41, 5.74) is 0.370. The van der Waals surface area contributed by atoms with Gasteiger partial charge in [0.15, 0.2) is 5.76 Å². The second-order valence-corrected chi connectivity index (χ2v) is 6.89. The van der Waals surface area contributed by atoms with Gasteiger partial charge in [0.25, 0.3) is 5.91 Å². The molecule has 3 aromatic rings. The Labute approximate surface area is 173 Å². The topological polar surface area (TPSA) is 63.5 Å². The molecule has 5 nitrogen and oxygen atoms in total. The van der Waals surface area contributed by atoms with Gasteiger partial charge in [0.1, 0.15) is 24.7 Å². The van der Waals surface area contributed by atoms with Crippen LogP contribution in [0.25, 0.3) is 0 Å². The number of alkyl halides is 3. The molecule has 0 radical (unpaired) electrons. The minimum atomic E-state index is -4.37. The quantitative estimate of drug-likeness (QED) is 0.456. The Bertz CT molecular complexity index is 972. The number of hydrogen-bond donors (Lipinski definition) is 2. The zero-order valence-electron chi connectivity index (χ0n) is 14.9. The second kappa shape index (κ2) is 9.04. The molecule has 3 rings (SSSR count). The number of carbonyl (C=O) groups excluding carboxylic acids is 1. The average molecular weight is 469 g/mol. The third-order valence-corrected chi connectivity index (χ3v) is 4.26. The first kappa shape index (κ1) is 20.8. The fourth-order valence-electron chi connectivity index (χ4n) is 2.39. The van der Waals surface area contributed by atoms with Gasteiger partial charge in [-0.3, -0.25) is 4.79 Å². The van der Waals surface area contributed by atoms with Crippen molar-refractivity contribution in [3.8, 4) is 5.75 Å². The molecule has 1 heterocycles. The van der Waals surface area contributed by atoms with Gasteiger partial charge in [-0.25, -0.2) is 0 Å². The van der Waals surface area contributed by atoms with Crippen LogP contribution in [0.1, 0.15) is 16.3 Å². The molecule has 2 aromatic carbocycles. The number of amides is 1. The van der Waals surface area contributed by atoms with E-state index in [4.69, 9.17) is 9.15 Å². The van der Waals surface area contributed by atoms with Crippen molar-refractivity contribution < 1.29 is 27.1 Å². The van der Waals surface area contributed by atoms with E-state index in [9.17, 15) is 18.0 Å². The van der Waals surface area contributed by atoms with Crippen molar-refractivity contribution in [1.29, 1.82) is 0 Å². The maximum Gasteiger partial charge on any atom is 0.405 e. The first-order valence-corrected chi connectivity index (χ1v) is 9.27. The highest BCUT2D eigenvalue weighted by molar-refractivity contribution is 9.10. The first-order valence-electron chi connectivity index (χ1n) is 8.48. The van der Waals surface area contributed by atoms with E-state index in [2.05, 4.69) is 26.6 Å². The van der Waals surface area contributed by atoms with Crippen LogP contribution in [0, 0.1) is 0 Å². The number of nitrogens with one attached hydrogen (secondary N) is 2. The van der Waals surface area contributed by atoms with Crippen molar-refractivity contribution in [2.45, 2.75) is 12.8 Å². The lowest BCUT2D eigenvalue weighted by atomic mass is 10.2. The van der Waals surface area contributed by atoms with Crippen LogP contribution in [-0.2, 0) is 6.61 Å². The van der Waals surface area contributed by atoms with Crippen molar-refractivity contribution in [1.82, 2.24) is 0 Å². The molecule has 0 aliphatic rings. The summed E-state index contributed by atoms with van der Waals surface area (Å²) in [5.74, 6) is 0.507. The van der Waals surface area contributed by atoms with Crippen LogP contribution in [0.3, 0.4) is 0 Å². The molecule has 0 atom stereocenters. The van der Waals surface area contributed by atoms with E-state index in [-0.39, 0.29) is 23.7 Å². The van der Waals surface area contributed by atoms with E-state index < -0.39 is 18.6 Å². The number of anilines is 2. The summed E-state index contributed by atoms with van der Waals surface area (Å²) in [4.78, 5) is 12.4. The number of hydrogen-bond acceptors (Lipinski definition) is 4. The van der Waals surface area contributed by atoms with E-state index in [0.29, 0.717) is 11.5 Å². The minimum absolute atomic E-state index is 0.0185. The minimum Gasteiger partial charge on any atom is -0.486 e. The Kier molecular flexibility index (Phi) is 6.48. The van der Waals surface area contributed by atoms with Crippen LogP contribution in [0.4, 0.5) is 24.5 Å². The van der Waals surface area contributed by atoms with Crippen LogP contribution >= 0.6 is 15.9 Å². The lowest BCUT2D eigenvalue weighted by Gasteiger charge is -2.13. The highest BCUT2D eigenvalue weighted by Gasteiger charge is 2.27. The number of para-hydroxylation sites is 2. The molecular formula is C20H16BrF3N2O3. The van der Waals surface area contributed by atoms with Crippen molar-refractivity contribution in [2.24, 2.45) is 0 Å². The third-order valence-electron chi connectivity index (χ3n) is 3.73. The Morgan fingerprint density at radius 2 is 1.69 bits per heavy atom. The molecule has 152 valence electrons. The van der Waals surface area contributed by atoms with Gasteiger partial charge in [-0.2, -0.15) is 13.2 Å². The average Bonchev–Trinajstić information content (AvgIpc) is 3.15. The van der Waals surface area contributed by atoms with E-state index in [0.717, 1.165) is 4.47 Å². The summed E-state index contributed by atoms with van der Waals surface area (Å²) in [6, 6.07) is 16.4. The van der Waals surface area contributed by atoms with Gasteiger partial charge < -0.3 is 19.8 Å². The van der Waals surface area contributed by atoms with Gasteiger partial charge in [0, 0.05) is 4.47 Å². The molecule has 1 amide bonds. The fraction of sp³-hybridized carbons (Fsp3) is 0.150. The molecule has 0 saturated carbocycles. The van der Waals surface area contributed by atoms with Crippen LogP contribution in [0.15, 0.2) is 69.6 Å². The smallest absolute Gasteiger partial charge is 0.405 e. The van der Waals surface area contributed by atoms with E-state index in [1.54, 1.807) is 30.3 Å². The lowest BCUT2D eigenvalue weighted by molar-refractivity contribution is -0.115. The Hall–Kier alpha value is -2.94. The van der Waals surface area contributed by atoms with Crippen molar-refractivity contribution in [3.63, 3.8) is 0 Å². The normalized spacial score (nSPS) is 11.2. The maximum atomic E-state index is 12.4. The predicted molar refractivity (Wildman–Crippen MR) is 106 cm³/mol. The summed E-state index contributed by atoms with van der Waals surface area (Å²) in [6.07, 6.45) is -4.37. The van der Waals surface area contributed by atoms with Gasteiger partial charge in [0.2, 0.25) is 0 Å². The number of furan rings is 1. The fourth-order valence-corrected chi connectivity index (χ4v) is 2.65. The third kappa shape index (κ3) is 6.28. The Morgan fingerprint density at radius 1 is 1.00 bits per heavy atom. The number of halogens is 4. The molecule has 0 unspecified atom stereocenters. The number of rotatable bonds is 7. The van der Waals surface area contributed by atoms with Crippen LogP contribution in [-0.4, -0.2) is 18.6 Å². The lowest BCUT2D eigenvalue weighted by Crippen LogP contribution is -2.22. The van der Waals surface area contributed by atoms with E-state index in [1.807, 2.05) is 12.1 Å². The summed E-state index contributed by atoms with van der Waals surface area (Å²) in [7, 11) is 0. The van der Waals surface area contributed by atoms with Crippen molar-refractivity contribution >= 4 is 33.2 Å². The largest absolute Gasteiger partial charge is 0.486 e. The Balaban J connectivity index is 1.61. The van der Waals surface area contributed by atoms with Crippen molar-refractivity contribution in [2.75, 3.05) is 17.2 Å². The number of ether oxygens (including phenoxy) is 1. The molecule has 0 fully saturated rings. The van der Waals surface area contributed by atoms with Gasteiger partial charge in [-0.05, 0) is 48.5 Å². The molecule has 9 heteroatoms. The molecule has 0 spiro atoms. The van der Waals surface area contributed by atoms with Crippen LogP contribution in [0.2, 0.25) is 0 Å². The van der Waals surface area contributed by atoms with E-state index >= 15 is 0 Å². The molecule has 1 aromatic heterocycles. The van der Waals surface area contributed by atoms with Gasteiger partial charge in [-0.15, -0.1) is 0 Å². The highest BCUT2D eigenvalue weighted by Crippen LogP contribution is 2.25. The molecule has 0 aliphatic carbocycles. The second-order valence-electron chi connectivity index (χ2n) is 5.98. The zero-order chi connectivity index (χ0) is 20.9. The molecule has 0 bridgehead atoms. The molecule has 0 aliphatic heterocycles. The van der Waals surface area contributed by atoms with Gasteiger partial charge in [0.05, 0.1) is 11.4 Å². The summed E-state index contributed by atoms with van der Waals surface area (Å²) >= 11 is 3.33. The van der Waals surface area contributed by atoms with Crippen LogP contribution in [0.5, 0.6) is 5.75 Å². The molecule has 29 heavy (non-hydrogen) atoms. The van der Waals surface area contributed by atoms with Gasteiger partial charge >= 0.3 is 6.18 Å². The van der Waals surface area contributed by atoms with Crippen molar-refractivity contribution in [3.05, 3.63) is 76.7 Å². The Morgan fingerprint density at radius 3 is 2.38 bits per heavy atom. The zero-order valence-corrected chi connectivity index (χ0v) is 16.5. The van der Waals surface area contributed by atoms with Gasteiger partial charge in [-0.1, -0.05) is 28.1 Å². The predicted octanol–water partition coefficient (Wildman–Crippen LogP) is 5.85. The maximum absolute atomic E-state index is 12.4. The molecular weight excluding hydrogens is 453 g/mol. The standard InChI is InChI=1S/C20H16BrF3N2O3/c21-13-5-7-14(8-6-13)28-11-15-9-10-18(29-15)19(27)26-17-4-2-1-3-16(17)25-12-20(22,23)24/h1-10,25H,11-12H2,(H,26,27). The molecule has 2 N–H and O–H groups in total.